The minimum Gasteiger partial charge on any atom is -0.495 e. The first-order valence-corrected chi connectivity index (χ1v) is 10.4. The number of carbonyl (C=O) groups is 1. The van der Waals surface area contributed by atoms with Crippen LogP contribution in [0.5, 0.6) is 5.75 Å². The Balaban J connectivity index is 1.67. The summed E-state index contributed by atoms with van der Waals surface area (Å²) in [7, 11) is 1.66. The van der Waals surface area contributed by atoms with Gasteiger partial charge in [0, 0.05) is 19.3 Å². The number of anilines is 1. The lowest BCUT2D eigenvalue weighted by Gasteiger charge is -2.28. The Morgan fingerprint density at radius 2 is 1.96 bits per heavy atom. The molecule has 0 unspecified atom stereocenters. The Labute approximate surface area is 168 Å². The van der Waals surface area contributed by atoms with Crippen LogP contribution in [-0.2, 0) is 0 Å². The lowest BCUT2D eigenvalue weighted by atomic mass is 10.1. The van der Waals surface area contributed by atoms with Crippen molar-refractivity contribution in [2.24, 2.45) is 0 Å². The molecule has 7 nitrogen and oxygen atoms in total. The SMILES string of the molecule is COc1ccccc1-n1c(SCC(=O)c2ccc[nH]2)nnc1N1CCCCC1. The number of ketones is 1. The largest absolute Gasteiger partial charge is 0.495 e. The number of benzene rings is 1. The van der Waals surface area contributed by atoms with Crippen molar-refractivity contribution in [3.05, 3.63) is 48.3 Å². The normalized spacial score (nSPS) is 14.2. The summed E-state index contributed by atoms with van der Waals surface area (Å²) < 4.78 is 7.59. The highest BCUT2D eigenvalue weighted by molar-refractivity contribution is 7.99. The quantitative estimate of drug-likeness (QED) is 0.485. The standard InChI is InChI=1S/C20H23N5O2S/c1-27-18-10-4-3-9-16(18)25-19(24-12-5-2-6-13-24)22-23-20(25)28-14-17(26)15-8-7-11-21-15/h3-4,7-11,21H,2,5-6,12-14H2,1H3. The number of piperidine rings is 1. The topological polar surface area (TPSA) is 76.0 Å². The fourth-order valence-electron chi connectivity index (χ4n) is 3.39. The summed E-state index contributed by atoms with van der Waals surface area (Å²) in [5, 5.41) is 9.57. The third-order valence-electron chi connectivity index (χ3n) is 4.81. The van der Waals surface area contributed by atoms with Gasteiger partial charge in [-0.2, -0.15) is 0 Å². The predicted molar refractivity (Wildman–Crippen MR) is 110 cm³/mol. The number of thioether (sulfide) groups is 1. The van der Waals surface area contributed by atoms with Crippen LogP contribution < -0.4 is 9.64 Å². The molecule has 1 aliphatic heterocycles. The van der Waals surface area contributed by atoms with Crippen LogP contribution in [0.2, 0.25) is 0 Å². The first-order valence-electron chi connectivity index (χ1n) is 9.41. The number of methoxy groups -OCH3 is 1. The van der Waals surface area contributed by atoms with Gasteiger partial charge in [0.25, 0.3) is 0 Å². The molecule has 3 aromatic rings. The molecule has 0 amide bonds. The number of rotatable bonds is 7. The first-order chi connectivity index (χ1) is 13.8. The molecule has 4 rings (SSSR count). The molecule has 2 aromatic heterocycles. The lowest BCUT2D eigenvalue weighted by Crippen LogP contribution is -2.31. The van der Waals surface area contributed by atoms with Gasteiger partial charge in [-0.05, 0) is 43.5 Å². The first kappa shape index (κ1) is 18.6. The van der Waals surface area contributed by atoms with Crippen LogP contribution in [0.3, 0.4) is 0 Å². The van der Waals surface area contributed by atoms with Crippen molar-refractivity contribution < 1.29 is 9.53 Å². The van der Waals surface area contributed by atoms with E-state index in [1.165, 1.54) is 18.2 Å². The maximum atomic E-state index is 12.4. The number of ether oxygens (including phenoxy) is 1. The van der Waals surface area contributed by atoms with E-state index >= 15 is 0 Å². The number of aromatic nitrogens is 4. The summed E-state index contributed by atoms with van der Waals surface area (Å²) in [5.74, 6) is 1.87. The van der Waals surface area contributed by atoms with Gasteiger partial charge in [0.2, 0.25) is 5.95 Å². The predicted octanol–water partition coefficient (Wildman–Crippen LogP) is 3.57. The monoisotopic (exact) mass is 397 g/mol. The van der Waals surface area contributed by atoms with Crippen molar-refractivity contribution in [3.63, 3.8) is 0 Å². The van der Waals surface area contributed by atoms with Gasteiger partial charge < -0.3 is 14.6 Å². The van der Waals surface area contributed by atoms with E-state index < -0.39 is 0 Å². The Morgan fingerprint density at radius 3 is 2.71 bits per heavy atom. The van der Waals surface area contributed by atoms with E-state index in [4.69, 9.17) is 4.74 Å². The van der Waals surface area contributed by atoms with Gasteiger partial charge in [0.05, 0.1) is 24.2 Å². The number of hydrogen-bond acceptors (Lipinski definition) is 6. The molecule has 1 aromatic carbocycles. The maximum Gasteiger partial charge on any atom is 0.232 e. The van der Waals surface area contributed by atoms with Crippen molar-refractivity contribution in [1.29, 1.82) is 0 Å². The number of nitrogens with zero attached hydrogens (tertiary/aromatic N) is 4. The van der Waals surface area contributed by atoms with E-state index in [9.17, 15) is 4.79 Å². The van der Waals surface area contributed by atoms with Crippen molar-refractivity contribution in [3.8, 4) is 11.4 Å². The fourth-order valence-corrected chi connectivity index (χ4v) is 4.21. The second-order valence-electron chi connectivity index (χ2n) is 6.63. The molecule has 8 heteroatoms. The van der Waals surface area contributed by atoms with E-state index in [1.54, 1.807) is 19.4 Å². The summed E-state index contributed by atoms with van der Waals surface area (Å²) >= 11 is 1.39. The molecular weight excluding hydrogens is 374 g/mol. The summed E-state index contributed by atoms with van der Waals surface area (Å²) in [6.45, 7) is 1.92. The highest BCUT2D eigenvalue weighted by Gasteiger charge is 2.23. The third kappa shape index (κ3) is 3.77. The summed E-state index contributed by atoms with van der Waals surface area (Å²) in [4.78, 5) is 17.6. The van der Waals surface area contributed by atoms with Crippen LogP contribution in [0.1, 0.15) is 29.8 Å². The number of H-pyrrole nitrogens is 1. The molecule has 0 atom stereocenters. The van der Waals surface area contributed by atoms with Crippen LogP contribution in [0, 0.1) is 0 Å². The fraction of sp³-hybridized carbons (Fsp3) is 0.350. The molecule has 1 N–H and O–H groups in total. The second kappa shape index (κ2) is 8.52. The van der Waals surface area contributed by atoms with Gasteiger partial charge in [0.15, 0.2) is 10.9 Å². The maximum absolute atomic E-state index is 12.4. The zero-order valence-corrected chi connectivity index (χ0v) is 16.6. The van der Waals surface area contributed by atoms with E-state index in [2.05, 4.69) is 20.1 Å². The van der Waals surface area contributed by atoms with Gasteiger partial charge >= 0.3 is 0 Å². The number of carbonyl (C=O) groups excluding carboxylic acids is 1. The molecule has 0 bridgehead atoms. The highest BCUT2D eigenvalue weighted by atomic mass is 32.2. The minimum absolute atomic E-state index is 0.0316. The summed E-state index contributed by atoms with van der Waals surface area (Å²) in [6, 6.07) is 11.4. The number of nitrogens with one attached hydrogen (secondary N) is 1. The molecule has 0 spiro atoms. The molecule has 28 heavy (non-hydrogen) atoms. The van der Waals surface area contributed by atoms with Crippen molar-refractivity contribution in [1.82, 2.24) is 19.7 Å². The third-order valence-corrected chi connectivity index (χ3v) is 5.74. The molecule has 0 aliphatic carbocycles. The molecular formula is C20H23N5O2S. The van der Waals surface area contributed by atoms with Crippen molar-refractivity contribution >= 4 is 23.5 Å². The molecule has 1 saturated heterocycles. The van der Waals surface area contributed by atoms with E-state index in [0.29, 0.717) is 10.9 Å². The van der Waals surface area contributed by atoms with Crippen LogP contribution in [-0.4, -0.2) is 51.5 Å². The second-order valence-corrected chi connectivity index (χ2v) is 7.58. The van der Waals surface area contributed by atoms with E-state index in [1.807, 2.05) is 34.9 Å². The van der Waals surface area contributed by atoms with E-state index in [0.717, 1.165) is 43.3 Å². The van der Waals surface area contributed by atoms with Crippen LogP contribution >= 0.6 is 11.8 Å². The highest BCUT2D eigenvalue weighted by Crippen LogP contribution is 2.32. The number of hydrogen-bond donors (Lipinski definition) is 1. The minimum atomic E-state index is 0.0316. The molecule has 0 radical (unpaired) electrons. The zero-order valence-electron chi connectivity index (χ0n) is 15.8. The number of para-hydroxylation sites is 2. The number of Topliss-reactive ketones (excluding diaryl/α,β-unsaturated/α-hetero) is 1. The van der Waals surface area contributed by atoms with E-state index in [-0.39, 0.29) is 11.5 Å². The molecule has 0 saturated carbocycles. The van der Waals surface area contributed by atoms with Gasteiger partial charge in [-0.1, -0.05) is 23.9 Å². The molecule has 1 fully saturated rings. The smallest absolute Gasteiger partial charge is 0.232 e. The summed E-state index contributed by atoms with van der Waals surface area (Å²) in [5.41, 5.74) is 1.48. The van der Waals surface area contributed by atoms with Gasteiger partial charge in [-0.15, -0.1) is 10.2 Å². The van der Waals surface area contributed by atoms with Gasteiger partial charge in [-0.3, -0.25) is 9.36 Å². The molecule has 146 valence electrons. The van der Waals surface area contributed by atoms with Gasteiger partial charge in [0.1, 0.15) is 5.75 Å². The lowest BCUT2D eigenvalue weighted by molar-refractivity contribution is 0.101. The Bertz CT molecular complexity index is 932. The van der Waals surface area contributed by atoms with Crippen molar-refractivity contribution in [2.45, 2.75) is 24.4 Å². The van der Waals surface area contributed by atoms with Crippen LogP contribution in [0.15, 0.2) is 47.8 Å². The molecule has 1 aliphatic rings. The average molecular weight is 398 g/mol. The Kier molecular flexibility index (Phi) is 5.66. The summed E-state index contributed by atoms with van der Waals surface area (Å²) in [6.07, 6.45) is 5.29. The number of aromatic amines is 1. The Morgan fingerprint density at radius 1 is 1.14 bits per heavy atom. The zero-order chi connectivity index (χ0) is 19.3. The Hall–Kier alpha value is -2.74. The van der Waals surface area contributed by atoms with Crippen molar-refractivity contribution in [2.75, 3.05) is 30.9 Å². The van der Waals surface area contributed by atoms with Crippen LogP contribution in [0.25, 0.3) is 5.69 Å². The van der Waals surface area contributed by atoms with Crippen LogP contribution in [0.4, 0.5) is 5.95 Å². The van der Waals surface area contributed by atoms with Gasteiger partial charge in [-0.25, -0.2) is 0 Å². The average Bonchev–Trinajstić information content (AvgIpc) is 3.43. The molecule has 3 heterocycles.